The number of benzene rings is 1. The molecule has 0 fully saturated rings. The molecule has 1 rings (SSSR count). The van der Waals surface area contributed by atoms with Gasteiger partial charge in [0.05, 0.1) is 5.54 Å². The van der Waals surface area contributed by atoms with Crippen LogP contribution >= 0.6 is 0 Å². The molecule has 0 spiro atoms. The van der Waals surface area contributed by atoms with Crippen LogP contribution in [-0.4, -0.2) is 29.9 Å². The molecular formula is C14H18FNO2. The standard InChI is InChI=1S/C14H18FNO2/c1-4-14(2,3)16-9-12(17)10-18-13-7-5-11(15)6-8-13/h1,5-8,12,16-17H,9-10H2,2-3H3. The largest absolute Gasteiger partial charge is 0.491 e. The molecule has 0 bridgehead atoms. The van der Waals surface area contributed by atoms with Gasteiger partial charge in [-0.1, -0.05) is 5.92 Å². The van der Waals surface area contributed by atoms with Crippen molar-refractivity contribution < 1.29 is 14.2 Å². The van der Waals surface area contributed by atoms with Gasteiger partial charge in [-0.15, -0.1) is 6.42 Å². The van der Waals surface area contributed by atoms with Gasteiger partial charge in [0, 0.05) is 6.54 Å². The fourth-order valence-corrected chi connectivity index (χ4v) is 1.21. The number of ether oxygens (including phenoxy) is 1. The van der Waals surface area contributed by atoms with Crippen LogP contribution in [0.25, 0.3) is 0 Å². The minimum absolute atomic E-state index is 0.124. The van der Waals surface area contributed by atoms with Crippen molar-refractivity contribution in [3.63, 3.8) is 0 Å². The molecule has 4 heteroatoms. The van der Waals surface area contributed by atoms with E-state index in [2.05, 4.69) is 11.2 Å². The minimum atomic E-state index is -0.678. The Bertz CT molecular complexity index is 409. The second-order valence-electron chi connectivity index (χ2n) is 4.57. The highest BCUT2D eigenvalue weighted by Gasteiger charge is 2.15. The van der Waals surface area contributed by atoms with Crippen LogP contribution in [0.5, 0.6) is 5.75 Å². The quantitative estimate of drug-likeness (QED) is 0.754. The van der Waals surface area contributed by atoms with Gasteiger partial charge in [0.1, 0.15) is 24.3 Å². The van der Waals surface area contributed by atoms with Crippen LogP contribution in [0.3, 0.4) is 0 Å². The smallest absolute Gasteiger partial charge is 0.123 e. The molecule has 0 heterocycles. The van der Waals surface area contributed by atoms with Gasteiger partial charge < -0.3 is 9.84 Å². The first-order valence-electron chi connectivity index (χ1n) is 5.72. The Morgan fingerprint density at radius 2 is 2.06 bits per heavy atom. The van der Waals surface area contributed by atoms with E-state index in [0.29, 0.717) is 12.3 Å². The maximum atomic E-state index is 12.6. The predicted octanol–water partition coefficient (Wildman–Crippen LogP) is 1.57. The Balaban J connectivity index is 2.31. The summed E-state index contributed by atoms with van der Waals surface area (Å²) in [5.74, 6) is 2.77. The molecule has 98 valence electrons. The number of hydrogen-bond acceptors (Lipinski definition) is 3. The molecule has 0 aliphatic carbocycles. The lowest BCUT2D eigenvalue weighted by Crippen LogP contribution is -2.43. The zero-order valence-electron chi connectivity index (χ0n) is 10.6. The molecule has 1 aromatic carbocycles. The van der Waals surface area contributed by atoms with Gasteiger partial charge in [-0.3, -0.25) is 5.32 Å². The highest BCUT2D eigenvalue weighted by molar-refractivity contribution is 5.22. The van der Waals surface area contributed by atoms with E-state index in [0.717, 1.165) is 0 Å². The first-order valence-corrected chi connectivity index (χ1v) is 5.72. The lowest BCUT2D eigenvalue weighted by Gasteiger charge is -2.22. The Morgan fingerprint density at radius 1 is 1.44 bits per heavy atom. The van der Waals surface area contributed by atoms with E-state index < -0.39 is 11.6 Å². The summed E-state index contributed by atoms with van der Waals surface area (Å²) in [5, 5.41) is 12.7. The molecule has 2 N–H and O–H groups in total. The van der Waals surface area contributed by atoms with Crippen LogP contribution in [0.15, 0.2) is 24.3 Å². The summed E-state index contributed by atoms with van der Waals surface area (Å²) >= 11 is 0. The molecule has 0 radical (unpaired) electrons. The van der Waals surface area contributed by atoms with Crippen LogP contribution in [0.4, 0.5) is 4.39 Å². The van der Waals surface area contributed by atoms with Crippen molar-refractivity contribution in [2.75, 3.05) is 13.2 Å². The van der Waals surface area contributed by atoms with Crippen molar-refractivity contribution in [1.29, 1.82) is 0 Å². The third-order valence-electron chi connectivity index (χ3n) is 2.40. The molecule has 1 unspecified atom stereocenters. The lowest BCUT2D eigenvalue weighted by atomic mass is 10.1. The Kier molecular flexibility index (Phi) is 5.14. The molecule has 1 atom stereocenters. The lowest BCUT2D eigenvalue weighted by molar-refractivity contribution is 0.102. The highest BCUT2D eigenvalue weighted by Crippen LogP contribution is 2.11. The summed E-state index contributed by atoms with van der Waals surface area (Å²) in [7, 11) is 0. The number of rotatable bonds is 6. The van der Waals surface area contributed by atoms with Gasteiger partial charge in [-0.05, 0) is 38.1 Å². The molecule has 0 saturated carbocycles. The third-order valence-corrected chi connectivity index (χ3v) is 2.40. The minimum Gasteiger partial charge on any atom is -0.491 e. The Hall–Kier alpha value is -1.57. The number of aliphatic hydroxyl groups excluding tert-OH is 1. The van der Waals surface area contributed by atoms with Crippen LogP contribution < -0.4 is 10.1 Å². The average Bonchev–Trinajstić information content (AvgIpc) is 2.36. The van der Waals surface area contributed by atoms with Crippen molar-refractivity contribution >= 4 is 0 Å². The molecule has 1 aromatic rings. The van der Waals surface area contributed by atoms with Crippen LogP contribution in [-0.2, 0) is 0 Å². The molecule has 18 heavy (non-hydrogen) atoms. The number of β-amino-alcohol motifs (C(OH)–C–C–N with tert-alkyl or cyclic N) is 1. The van der Waals surface area contributed by atoms with E-state index in [1.54, 1.807) is 0 Å². The number of halogens is 1. The van der Waals surface area contributed by atoms with Crippen LogP contribution in [0.1, 0.15) is 13.8 Å². The van der Waals surface area contributed by atoms with Crippen molar-refractivity contribution in [3.05, 3.63) is 30.1 Å². The molecule has 3 nitrogen and oxygen atoms in total. The van der Waals surface area contributed by atoms with Crippen molar-refractivity contribution in [2.45, 2.75) is 25.5 Å². The van der Waals surface area contributed by atoms with Crippen LogP contribution in [0.2, 0.25) is 0 Å². The molecule has 0 amide bonds. The van der Waals surface area contributed by atoms with Gasteiger partial charge in [0.25, 0.3) is 0 Å². The number of nitrogens with one attached hydrogen (secondary N) is 1. The average molecular weight is 251 g/mol. The fourth-order valence-electron chi connectivity index (χ4n) is 1.21. The van der Waals surface area contributed by atoms with E-state index in [-0.39, 0.29) is 12.4 Å². The summed E-state index contributed by atoms with van der Waals surface area (Å²) in [6.07, 6.45) is 4.63. The summed E-state index contributed by atoms with van der Waals surface area (Å²) in [6, 6.07) is 5.64. The predicted molar refractivity (Wildman–Crippen MR) is 68.8 cm³/mol. The van der Waals surface area contributed by atoms with Gasteiger partial charge in [0.2, 0.25) is 0 Å². The van der Waals surface area contributed by atoms with Gasteiger partial charge in [-0.25, -0.2) is 4.39 Å². The topological polar surface area (TPSA) is 41.5 Å². The monoisotopic (exact) mass is 251 g/mol. The Morgan fingerprint density at radius 3 is 2.61 bits per heavy atom. The summed E-state index contributed by atoms with van der Waals surface area (Å²) < 4.78 is 18.0. The number of terminal acetylenes is 1. The first kappa shape index (κ1) is 14.5. The normalized spacial score (nSPS) is 12.8. The van der Waals surface area contributed by atoms with Gasteiger partial charge >= 0.3 is 0 Å². The molecule has 0 saturated heterocycles. The van der Waals surface area contributed by atoms with Gasteiger partial charge in [0.15, 0.2) is 0 Å². The van der Waals surface area contributed by atoms with E-state index in [4.69, 9.17) is 11.2 Å². The Labute approximate surface area is 107 Å². The zero-order valence-corrected chi connectivity index (χ0v) is 10.6. The fraction of sp³-hybridized carbons (Fsp3) is 0.429. The van der Waals surface area contributed by atoms with Crippen LogP contribution in [0, 0.1) is 18.2 Å². The third kappa shape index (κ3) is 5.17. The van der Waals surface area contributed by atoms with Gasteiger partial charge in [-0.2, -0.15) is 0 Å². The SMILES string of the molecule is C#CC(C)(C)NCC(O)COc1ccc(F)cc1. The zero-order chi connectivity index (χ0) is 13.6. The number of aliphatic hydroxyl groups is 1. The van der Waals surface area contributed by atoms with Crippen molar-refractivity contribution in [2.24, 2.45) is 0 Å². The summed E-state index contributed by atoms with van der Waals surface area (Å²) in [5.41, 5.74) is -0.461. The number of hydrogen-bond donors (Lipinski definition) is 2. The molecular weight excluding hydrogens is 233 g/mol. The van der Waals surface area contributed by atoms with Crippen molar-refractivity contribution in [1.82, 2.24) is 5.32 Å². The maximum Gasteiger partial charge on any atom is 0.123 e. The molecule has 0 aromatic heterocycles. The summed E-state index contributed by atoms with van der Waals surface area (Å²) in [4.78, 5) is 0. The first-order chi connectivity index (χ1) is 8.43. The van der Waals surface area contributed by atoms with Crippen molar-refractivity contribution in [3.8, 4) is 18.1 Å². The highest BCUT2D eigenvalue weighted by atomic mass is 19.1. The summed E-state index contributed by atoms with van der Waals surface area (Å²) in [6.45, 7) is 4.15. The van der Waals surface area contributed by atoms with E-state index >= 15 is 0 Å². The second-order valence-corrected chi connectivity index (χ2v) is 4.57. The molecule has 0 aliphatic rings. The second kappa shape index (κ2) is 6.39. The molecule has 0 aliphatic heterocycles. The van der Waals surface area contributed by atoms with E-state index in [1.165, 1.54) is 24.3 Å². The maximum absolute atomic E-state index is 12.6. The van der Waals surface area contributed by atoms with E-state index in [1.807, 2.05) is 13.8 Å². The van der Waals surface area contributed by atoms with E-state index in [9.17, 15) is 9.50 Å².